The van der Waals surface area contributed by atoms with Gasteiger partial charge in [-0.3, -0.25) is 9.20 Å². The maximum absolute atomic E-state index is 11.9. The fraction of sp³-hybridized carbons (Fsp3) is 0.385. The fourth-order valence-corrected chi connectivity index (χ4v) is 2.96. The van der Waals surface area contributed by atoms with Crippen molar-refractivity contribution in [3.05, 3.63) is 35.6 Å². The fourth-order valence-electron chi connectivity index (χ4n) is 2.24. The maximum Gasteiger partial charge on any atom is 0.226 e. The summed E-state index contributed by atoms with van der Waals surface area (Å²) in [6.07, 6.45) is 8.77. The number of carbonyl (C=O) groups excluding carboxylic acids is 1. The Bertz CT molecular complexity index is 588. The van der Waals surface area contributed by atoms with Gasteiger partial charge in [-0.15, -0.1) is 11.3 Å². The van der Waals surface area contributed by atoms with Gasteiger partial charge in [0.1, 0.15) is 0 Å². The molecule has 0 radical (unpaired) electrons. The first-order chi connectivity index (χ1) is 9.22. The van der Waals surface area contributed by atoms with Crippen molar-refractivity contribution in [2.45, 2.75) is 31.4 Å². The molecule has 0 saturated carbocycles. The average molecular weight is 277 g/mol. The average Bonchev–Trinajstić information content (AvgIpc) is 2.92. The third-order valence-electron chi connectivity index (χ3n) is 3.23. The number of amides is 1. The second-order valence-electron chi connectivity index (χ2n) is 4.69. The molecule has 1 amide bonds. The lowest BCUT2D eigenvalue weighted by molar-refractivity contribution is -0.122. The summed E-state index contributed by atoms with van der Waals surface area (Å²) < 4.78 is 1.91. The number of aliphatic hydroxyl groups is 1. The van der Waals surface area contributed by atoms with Crippen LogP contribution in [0.2, 0.25) is 0 Å². The van der Waals surface area contributed by atoms with Crippen LogP contribution in [0.15, 0.2) is 29.9 Å². The van der Waals surface area contributed by atoms with Crippen molar-refractivity contribution in [2.75, 3.05) is 0 Å². The van der Waals surface area contributed by atoms with Gasteiger partial charge in [-0.2, -0.15) is 0 Å². The van der Waals surface area contributed by atoms with Crippen LogP contribution in [0.5, 0.6) is 0 Å². The minimum absolute atomic E-state index is 0.0925. The zero-order valence-electron chi connectivity index (χ0n) is 10.3. The third-order valence-corrected chi connectivity index (χ3v) is 4.00. The Labute approximate surface area is 114 Å². The van der Waals surface area contributed by atoms with E-state index in [9.17, 15) is 9.90 Å². The van der Waals surface area contributed by atoms with Crippen LogP contribution in [0.1, 0.15) is 18.5 Å². The van der Waals surface area contributed by atoms with Crippen LogP contribution in [0, 0.1) is 0 Å². The molecule has 1 unspecified atom stereocenters. The number of rotatable bonds is 3. The van der Waals surface area contributed by atoms with Crippen molar-refractivity contribution < 1.29 is 9.90 Å². The van der Waals surface area contributed by atoms with E-state index in [0.29, 0.717) is 12.8 Å². The van der Waals surface area contributed by atoms with Gasteiger partial charge in [-0.05, 0) is 12.8 Å². The van der Waals surface area contributed by atoms with Crippen LogP contribution < -0.4 is 5.32 Å². The molecule has 0 saturated heterocycles. The SMILES string of the molecule is O=C(Cc1cn2ccsc2n1)NC1CC=CC[C@H]1O. The predicted molar refractivity (Wildman–Crippen MR) is 73.1 cm³/mol. The van der Waals surface area contributed by atoms with E-state index in [4.69, 9.17) is 0 Å². The smallest absolute Gasteiger partial charge is 0.226 e. The monoisotopic (exact) mass is 277 g/mol. The summed E-state index contributed by atoms with van der Waals surface area (Å²) in [4.78, 5) is 17.2. The first-order valence-electron chi connectivity index (χ1n) is 6.26. The maximum atomic E-state index is 11.9. The molecule has 2 aromatic heterocycles. The Balaban J connectivity index is 1.62. The van der Waals surface area contributed by atoms with Crippen molar-refractivity contribution in [3.8, 4) is 0 Å². The molecule has 0 aliphatic heterocycles. The zero-order chi connectivity index (χ0) is 13.2. The number of fused-ring (bicyclic) bond motifs is 1. The van der Waals surface area contributed by atoms with E-state index >= 15 is 0 Å². The molecule has 2 heterocycles. The highest BCUT2D eigenvalue weighted by atomic mass is 32.1. The van der Waals surface area contributed by atoms with Crippen LogP contribution in [0.4, 0.5) is 0 Å². The lowest BCUT2D eigenvalue weighted by Gasteiger charge is -2.24. The lowest BCUT2D eigenvalue weighted by Crippen LogP contribution is -2.44. The molecule has 2 atom stereocenters. The number of imidazole rings is 1. The molecule has 0 fully saturated rings. The van der Waals surface area contributed by atoms with Gasteiger partial charge >= 0.3 is 0 Å². The Morgan fingerprint density at radius 1 is 1.53 bits per heavy atom. The molecule has 0 aromatic carbocycles. The summed E-state index contributed by atoms with van der Waals surface area (Å²) in [6.45, 7) is 0. The van der Waals surface area contributed by atoms with E-state index < -0.39 is 6.10 Å². The van der Waals surface area contributed by atoms with Crippen LogP contribution >= 0.6 is 11.3 Å². The highest BCUT2D eigenvalue weighted by Crippen LogP contribution is 2.13. The van der Waals surface area contributed by atoms with Crippen molar-refractivity contribution in [1.82, 2.24) is 14.7 Å². The summed E-state index contributed by atoms with van der Waals surface area (Å²) >= 11 is 1.54. The number of hydrogen-bond donors (Lipinski definition) is 2. The van der Waals surface area contributed by atoms with Crippen LogP contribution in [0.25, 0.3) is 4.96 Å². The quantitative estimate of drug-likeness (QED) is 0.827. The van der Waals surface area contributed by atoms with E-state index in [-0.39, 0.29) is 18.4 Å². The Morgan fingerprint density at radius 3 is 3.16 bits per heavy atom. The highest BCUT2D eigenvalue weighted by molar-refractivity contribution is 7.15. The normalized spacial score (nSPS) is 22.8. The molecule has 2 aromatic rings. The van der Waals surface area contributed by atoms with Gasteiger partial charge in [-0.1, -0.05) is 12.2 Å². The van der Waals surface area contributed by atoms with E-state index in [1.165, 1.54) is 0 Å². The first-order valence-corrected chi connectivity index (χ1v) is 7.14. The van der Waals surface area contributed by atoms with E-state index in [0.717, 1.165) is 10.7 Å². The highest BCUT2D eigenvalue weighted by Gasteiger charge is 2.22. The lowest BCUT2D eigenvalue weighted by atomic mass is 9.98. The number of carbonyl (C=O) groups is 1. The number of hydrogen-bond acceptors (Lipinski definition) is 4. The second kappa shape index (κ2) is 5.14. The molecule has 2 N–H and O–H groups in total. The Hall–Kier alpha value is -1.66. The van der Waals surface area contributed by atoms with E-state index in [2.05, 4.69) is 10.3 Å². The topological polar surface area (TPSA) is 66.6 Å². The molecule has 5 nitrogen and oxygen atoms in total. The molecular formula is C13H15N3O2S. The van der Waals surface area contributed by atoms with Crippen LogP contribution in [0.3, 0.4) is 0 Å². The number of aromatic nitrogens is 2. The molecule has 3 rings (SSSR count). The van der Waals surface area contributed by atoms with Gasteiger partial charge < -0.3 is 10.4 Å². The molecule has 0 spiro atoms. The number of aliphatic hydroxyl groups excluding tert-OH is 1. The second-order valence-corrected chi connectivity index (χ2v) is 5.56. The van der Waals surface area contributed by atoms with Gasteiger partial charge in [0.05, 0.1) is 24.3 Å². The minimum atomic E-state index is -0.487. The Morgan fingerprint density at radius 2 is 2.37 bits per heavy atom. The number of nitrogens with one attached hydrogen (secondary N) is 1. The third kappa shape index (κ3) is 2.69. The standard InChI is InChI=1S/C13H15N3O2S/c17-11-4-2-1-3-10(11)15-12(18)7-9-8-16-5-6-19-13(16)14-9/h1-2,5-6,8,10-11,17H,3-4,7H2,(H,15,18)/t10?,11-/m1/s1. The summed E-state index contributed by atoms with van der Waals surface area (Å²) in [7, 11) is 0. The first kappa shape index (κ1) is 12.4. The largest absolute Gasteiger partial charge is 0.391 e. The van der Waals surface area contributed by atoms with Crippen molar-refractivity contribution in [1.29, 1.82) is 0 Å². The van der Waals surface area contributed by atoms with Crippen molar-refractivity contribution in [3.63, 3.8) is 0 Å². The van der Waals surface area contributed by atoms with Gasteiger partial charge in [0.2, 0.25) is 5.91 Å². The molecular weight excluding hydrogens is 262 g/mol. The molecule has 1 aliphatic carbocycles. The van der Waals surface area contributed by atoms with Gasteiger partial charge in [0, 0.05) is 17.8 Å². The molecule has 1 aliphatic rings. The van der Waals surface area contributed by atoms with E-state index in [1.54, 1.807) is 11.3 Å². The minimum Gasteiger partial charge on any atom is -0.391 e. The molecule has 0 bridgehead atoms. The zero-order valence-corrected chi connectivity index (χ0v) is 11.1. The molecule has 19 heavy (non-hydrogen) atoms. The van der Waals surface area contributed by atoms with Crippen molar-refractivity contribution >= 4 is 22.2 Å². The number of thiazole rings is 1. The van der Waals surface area contributed by atoms with E-state index in [1.807, 2.05) is 34.3 Å². The van der Waals surface area contributed by atoms with Crippen LogP contribution in [-0.4, -0.2) is 32.5 Å². The van der Waals surface area contributed by atoms with Crippen LogP contribution in [-0.2, 0) is 11.2 Å². The van der Waals surface area contributed by atoms with Gasteiger partial charge in [0.25, 0.3) is 0 Å². The number of nitrogens with zero attached hydrogens (tertiary/aromatic N) is 2. The summed E-state index contributed by atoms with van der Waals surface area (Å²) in [5.74, 6) is -0.0925. The summed E-state index contributed by atoms with van der Waals surface area (Å²) in [5.41, 5.74) is 0.755. The summed E-state index contributed by atoms with van der Waals surface area (Å²) in [5, 5.41) is 14.6. The summed E-state index contributed by atoms with van der Waals surface area (Å²) in [6, 6.07) is -0.179. The van der Waals surface area contributed by atoms with Crippen molar-refractivity contribution in [2.24, 2.45) is 0 Å². The molecule has 6 heteroatoms. The predicted octanol–water partition coefficient (Wildman–Crippen LogP) is 1.13. The Kier molecular flexibility index (Phi) is 3.35. The van der Waals surface area contributed by atoms with Gasteiger partial charge in [-0.25, -0.2) is 4.98 Å². The van der Waals surface area contributed by atoms with Gasteiger partial charge in [0.15, 0.2) is 4.96 Å². The molecule has 100 valence electrons.